The molecule has 2 heterocycles. The average molecular weight is 350 g/mol. The third-order valence-electron chi connectivity index (χ3n) is 3.88. The van der Waals surface area contributed by atoms with E-state index in [1.54, 1.807) is 17.0 Å². The second-order valence-corrected chi connectivity index (χ2v) is 8.81. The molecule has 0 aliphatic carbocycles. The summed E-state index contributed by atoms with van der Waals surface area (Å²) in [6.45, 7) is 2.80. The summed E-state index contributed by atoms with van der Waals surface area (Å²) in [4.78, 5) is 14.9. The maximum absolute atomic E-state index is 12.3. The number of sulfonamides is 1. The summed E-state index contributed by atoms with van der Waals surface area (Å²) in [6.07, 6.45) is 0.804. The standard InChI is InChI=1S/C16H18N2O3S2/c1-12-6-7-16(22-12)23(20,21)17-10-15(19)18-9-8-13-4-2-3-5-14(13)11-18/h2-7,17H,8-11H2,1H3. The minimum absolute atomic E-state index is 0.198. The monoisotopic (exact) mass is 350 g/mol. The predicted octanol–water partition coefficient (Wildman–Crippen LogP) is 1.92. The van der Waals surface area contributed by atoms with Crippen LogP contribution in [0.2, 0.25) is 0 Å². The topological polar surface area (TPSA) is 66.5 Å². The number of benzene rings is 1. The molecule has 23 heavy (non-hydrogen) atoms. The van der Waals surface area contributed by atoms with Crippen molar-refractivity contribution in [2.75, 3.05) is 13.1 Å². The van der Waals surface area contributed by atoms with Crippen LogP contribution in [0, 0.1) is 6.92 Å². The van der Waals surface area contributed by atoms with Gasteiger partial charge in [0.05, 0.1) is 6.54 Å². The lowest BCUT2D eigenvalue weighted by atomic mass is 10.00. The highest BCUT2D eigenvalue weighted by atomic mass is 32.2. The van der Waals surface area contributed by atoms with E-state index in [0.717, 1.165) is 16.9 Å². The predicted molar refractivity (Wildman–Crippen MR) is 89.8 cm³/mol. The van der Waals surface area contributed by atoms with Gasteiger partial charge in [-0.05, 0) is 36.6 Å². The van der Waals surface area contributed by atoms with Crippen molar-refractivity contribution in [3.05, 3.63) is 52.4 Å². The van der Waals surface area contributed by atoms with Crippen molar-refractivity contribution in [1.29, 1.82) is 0 Å². The molecule has 0 fully saturated rings. The number of nitrogens with zero attached hydrogens (tertiary/aromatic N) is 1. The Labute approximate surface area is 140 Å². The summed E-state index contributed by atoms with van der Waals surface area (Å²) in [7, 11) is -3.61. The van der Waals surface area contributed by atoms with E-state index in [1.807, 2.05) is 25.1 Å². The lowest BCUT2D eigenvalue weighted by molar-refractivity contribution is -0.130. The molecule has 0 saturated heterocycles. The molecule has 3 rings (SSSR count). The fourth-order valence-electron chi connectivity index (χ4n) is 2.60. The summed E-state index contributed by atoms with van der Waals surface area (Å²) in [5.74, 6) is -0.198. The van der Waals surface area contributed by atoms with Crippen molar-refractivity contribution in [3.8, 4) is 0 Å². The number of carbonyl (C=O) groups excluding carboxylic acids is 1. The van der Waals surface area contributed by atoms with Gasteiger partial charge in [0, 0.05) is 18.0 Å². The Kier molecular flexibility index (Phi) is 4.52. The van der Waals surface area contributed by atoms with Crippen LogP contribution >= 0.6 is 11.3 Å². The molecule has 2 aromatic rings. The largest absolute Gasteiger partial charge is 0.337 e. The maximum Gasteiger partial charge on any atom is 0.250 e. The third kappa shape index (κ3) is 3.63. The molecule has 0 spiro atoms. The van der Waals surface area contributed by atoms with Crippen molar-refractivity contribution < 1.29 is 13.2 Å². The summed E-state index contributed by atoms with van der Waals surface area (Å²) < 4.78 is 27.0. The van der Waals surface area contributed by atoms with Gasteiger partial charge in [-0.15, -0.1) is 11.3 Å². The molecule has 0 atom stereocenters. The van der Waals surface area contributed by atoms with E-state index in [0.29, 0.717) is 13.1 Å². The van der Waals surface area contributed by atoms with Crippen LogP contribution in [0.4, 0.5) is 0 Å². The SMILES string of the molecule is Cc1ccc(S(=O)(=O)NCC(=O)N2CCc3ccccc3C2)s1. The van der Waals surface area contributed by atoms with Gasteiger partial charge in [-0.2, -0.15) is 0 Å². The quantitative estimate of drug-likeness (QED) is 0.916. The molecular weight excluding hydrogens is 332 g/mol. The maximum atomic E-state index is 12.3. The van der Waals surface area contributed by atoms with Crippen LogP contribution in [-0.2, 0) is 27.8 Å². The molecule has 0 radical (unpaired) electrons. The highest BCUT2D eigenvalue weighted by Gasteiger charge is 2.23. The van der Waals surface area contributed by atoms with Crippen LogP contribution in [0.15, 0.2) is 40.6 Å². The van der Waals surface area contributed by atoms with Gasteiger partial charge in [-0.3, -0.25) is 4.79 Å². The van der Waals surface area contributed by atoms with E-state index in [-0.39, 0.29) is 16.7 Å². The molecule has 7 heteroatoms. The Morgan fingerprint density at radius 2 is 1.96 bits per heavy atom. The van der Waals surface area contributed by atoms with Gasteiger partial charge in [-0.25, -0.2) is 13.1 Å². The molecule has 0 bridgehead atoms. The van der Waals surface area contributed by atoms with Gasteiger partial charge < -0.3 is 4.90 Å². The zero-order valence-electron chi connectivity index (χ0n) is 12.8. The van der Waals surface area contributed by atoms with E-state index in [4.69, 9.17) is 0 Å². The number of hydrogen-bond acceptors (Lipinski definition) is 4. The minimum atomic E-state index is -3.61. The van der Waals surface area contributed by atoms with Crippen LogP contribution in [0.5, 0.6) is 0 Å². The number of aryl methyl sites for hydroxylation is 1. The van der Waals surface area contributed by atoms with Crippen molar-refractivity contribution in [2.24, 2.45) is 0 Å². The van der Waals surface area contributed by atoms with Crippen LogP contribution in [0.3, 0.4) is 0 Å². The number of carbonyl (C=O) groups is 1. The number of amides is 1. The summed E-state index contributed by atoms with van der Waals surface area (Å²) >= 11 is 1.20. The Balaban J connectivity index is 1.62. The third-order valence-corrected chi connectivity index (χ3v) is 6.77. The average Bonchev–Trinajstić information content (AvgIpc) is 2.99. The summed E-state index contributed by atoms with van der Waals surface area (Å²) in [5, 5.41) is 0. The van der Waals surface area contributed by atoms with Crippen molar-refractivity contribution in [3.63, 3.8) is 0 Å². The highest BCUT2D eigenvalue weighted by Crippen LogP contribution is 2.21. The van der Waals surface area contributed by atoms with E-state index in [1.165, 1.54) is 16.9 Å². The lowest BCUT2D eigenvalue weighted by Crippen LogP contribution is -2.42. The van der Waals surface area contributed by atoms with Gasteiger partial charge in [0.25, 0.3) is 10.0 Å². The molecule has 0 saturated carbocycles. The van der Waals surface area contributed by atoms with E-state index < -0.39 is 10.0 Å². The van der Waals surface area contributed by atoms with Crippen molar-refractivity contribution in [2.45, 2.75) is 24.1 Å². The first-order valence-electron chi connectivity index (χ1n) is 7.36. The van der Waals surface area contributed by atoms with E-state index >= 15 is 0 Å². The van der Waals surface area contributed by atoms with Gasteiger partial charge in [0.15, 0.2) is 0 Å². The number of fused-ring (bicyclic) bond motifs is 1. The first-order valence-corrected chi connectivity index (χ1v) is 9.66. The Bertz CT molecular complexity index is 827. The number of nitrogens with one attached hydrogen (secondary N) is 1. The van der Waals surface area contributed by atoms with Gasteiger partial charge in [0.1, 0.15) is 4.21 Å². The second kappa shape index (κ2) is 6.43. The number of rotatable bonds is 4. The molecule has 1 aliphatic heterocycles. The van der Waals surface area contributed by atoms with Crippen LogP contribution in [-0.4, -0.2) is 32.3 Å². The zero-order valence-corrected chi connectivity index (χ0v) is 14.4. The smallest absolute Gasteiger partial charge is 0.250 e. The Morgan fingerprint density at radius 1 is 1.22 bits per heavy atom. The highest BCUT2D eigenvalue weighted by molar-refractivity contribution is 7.91. The summed E-state index contributed by atoms with van der Waals surface area (Å²) in [6, 6.07) is 11.3. The van der Waals surface area contributed by atoms with E-state index in [2.05, 4.69) is 10.8 Å². The molecule has 5 nitrogen and oxygen atoms in total. The molecule has 1 N–H and O–H groups in total. The van der Waals surface area contributed by atoms with Crippen molar-refractivity contribution in [1.82, 2.24) is 9.62 Å². The molecule has 1 aliphatic rings. The van der Waals surface area contributed by atoms with E-state index in [9.17, 15) is 13.2 Å². The molecule has 1 aromatic heterocycles. The van der Waals surface area contributed by atoms with Crippen LogP contribution in [0.25, 0.3) is 0 Å². The Hall–Kier alpha value is -1.70. The van der Waals surface area contributed by atoms with Gasteiger partial charge in [0.2, 0.25) is 5.91 Å². The number of thiophene rings is 1. The zero-order chi connectivity index (χ0) is 16.4. The molecule has 1 aromatic carbocycles. The van der Waals surface area contributed by atoms with Gasteiger partial charge >= 0.3 is 0 Å². The normalized spacial score (nSPS) is 14.6. The van der Waals surface area contributed by atoms with Crippen molar-refractivity contribution >= 4 is 27.3 Å². The first kappa shape index (κ1) is 16.2. The van der Waals surface area contributed by atoms with Crippen LogP contribution < -0.4 is 4.72 Å². The van der Waals surface area contributed by atoms with Gasteiger partial charge in [-0.1, -0.05) is 24.3 Å². The lowest BCUT2D eigenvalue weighted by Gasteiger charge is -2.28. The fraction of sp³-hybridized carbons (Fsp3) is 0.312. The summed E-state index contributed by atoms with van der Waals surface area (Å²) in [5.41, 5.74) is 2.38. The molecule has 0 unspecified atom stereocenters. The first-order chi connectivity index (χ1) is 11.0. The molecular formula is C16H18N2O3S2. The second-order valence-electron chi connectivity index (χ2n) is 5.52. The number of hydrogen-bond donors (Lipinski definition) is 1. The minimum Gasteiger partial charge on any atom is -0.337 e. The Morgan fingerprint density at radius 3 is 2.65 bits per heavy atom. The molecule has 1 amide bonds. The van der Waals surface area contributed by atoms with Crippen LogP contribution in [0.1, 0.15) is 16.0 Å². The fourth-order valence-corrected chi connectivity index (χ4v) is 4.91. The molecule has 122 valence electrons.